The monoisotopic (exact) mass is 227 g/mol. The molecular formula is C9H7Cl2N3. The minimum absolute atomic E-state index is 0.306. The summed E-state index contributed by atoms with van der Waals surface area (Å²) in [7, 11) is 0. The largest absolute Gasteiger partial charge is 0.369 e. The number of nitrogens with zero attached hydrogens (tertiary/aromatic N) is 1. The maximum Gasteiger partial charge on any atom is 0.199 e. The van der Waals surface area contributed by atoms with E-state index in [9.17, 15) is 0 Å². The zero-order chi connectivity index (χ0) is 10.1. The average molecular weight is 228 g/mol. The van der Waals surface area contributed by atoms with Gasteiger partial charge in [0.2, 0.25) is 0 Å². The molecule has 0 spiro atoms. The fourth-order valence-electron chi connectivity index (χ4n) is 1.17. The topological polar surface area (TPSA) is 54.7 Å². The fourth-order valence-corrected chi connectivity index (χ4v) is 1.54. The number of nitrogen functional groups attached to an aromatic ring is 1. The maximum absolute atomic E-state index is 5.89. The van der Waals surface area contributed by atoms with Crippen molar-refractivity contribution in [3.8, 4) is 11.3 Å². The lowest BCUT2D eigenvalue weighted by Gasteiger charge is -1.96. The van der Waals surface area contributed by atoms with Crippen molar-refractivity contribution in [3.63, 3.8) is 0 Å². The molecule has 1 heterocycles. The molecule has 0 saturated carbocycles. The van der Waals surface area contributed by atoms with Gasteiger partial charge < -0.3 is 10.7 Å². The van der Waals surface area contributed by atoms with Crippen molar-refractivity contribution < 1.29 is 0 Å². The molecule has 0 aliphatic rings. The minimum Gasteiger partial charge on any atom is -0.369 e. The van der Waals surface area contributed by atoms with Crippen molar-refractivity contribution in [1.82, 2.24) is 9.97 Å². The number of halogens is 2. The van der Waals surface area contributed by atoms with E-state index in [1.807, 2.05) is 12.1 Å². The number of nitrogens with one attached hydrogen (secondary N) is 1. The Morgan fingerprint density at radius 2 is 1.79 bits per heavy atom. The van der Waals surface area contributed by atoms with Gasteiger partial charge in [-0.15, -0.1) is 0 Å². The number of rotatable bonds is 1. The molecular weight excluding hydrogens is 221 g/mol. The molecule has 0 atom stereocenters. The number of aromatic amines is 1. The number of nitrogens with two attached hydrogens (primary N) is 1. The van der Waals surface area contributed by atoms with Crippen LogP contribution in [-0.2, 0) is 0 Å². The number of H-pyrrole nitrogens is 1. The van der Waals surface area contributed by atoms with Crippen molar-refractivity contribution in [3.05, 3.63) is 34.4 Å². The minimum atomic E-state index is 0.306. The van der Waals surface area contributed by atoms with E-state index in [1.54, 1.807) is 12.1 Å². The normalized spacial score (nSPS) is 10.4. The quantitative estimate of drug-likeness (QED) is 0.788. The van der Waals surface area contributed by atoms with Gasteiger partial charge in [0.15, 0.2) is 5.95 Å². The lowest BCUT2D eigenvalue weighted by molar-refractivity contribution is 1.33. The summed E-state index contributed by atoms with van der Waals surface area (Å²) in [5.41, 5.74) is 6.99. The van der Waals surface area contributed by atoms with Crippen LogP contribution in [0.4, 0.5) is 5.95 Å². The molecule has 72 valence electrons. The Balaban J connectivity index is 2.49. The molecule has 1 aromatic carbocycles. The summed E-state index contributed by atoms with van der Waals surface area (Å²) in [5.74, 6) is 0.306. The third-order valence-corrected chi connectivity index (χ3v) is 2.32. The predicted octanol–water partition coefficient (Wildman–Crippen LogP) is 2.97. The molecule has 1 aromatic heterocycles. The predicted molar refractivity (Wildman–Crippen MR) is 58.5 cm³/mol. The molecule has 0 fully saturated rings. The van der Waals surface area contributed by atoms with Crippen LogP contribution in [0.5, 0.6) is 0 Å². The van der Waals surface area contributed by atoms with Crippen molar-refractivity contribution in [2.75, 3.05) is 5.73 Å². The van der Waals surface area contributed by atoms with E-state index in [1.165, 1.54) is 0 Å². The first kappa shape index (κ1) is 9.37. The standard InChI is InChI=1S/C9H7Cl2N3/c10-6-3-1-5(2-4-6)7-8(11)14-9(12)13-7/h1-4H,(H3,12,13,14). The average Bonchev–Trinajstić information content (AvgIpc) is 2.47. The molecule has 3 nitrogen and oxygen atoms in total. The van der Waals surface area contributed by atoms with Crippen LogP contribution in [0.25, 0.3) is 11.3 Å². The summed E-state index contributed by atoms with van der Waals surface area (Å²) in [6.07, 6.45) is 0. The van der Waals surface area contributed by atoms with Crippen molar-refractivity contribution in [2.24, 2.45) is 0 Å². The third-order valence-electron chi connectivity index (χ3n) is 1.80. The molecule has 2 aromatic rings. The van der Waals surface area contributed by atoms with Gasteiger partial charge in [0.1, 0.15) is 10.8 Å². The molecule has 0 saturated heterocycles. The van der Waals surface area contributed by atoms with E-state index in [0.29, 0.717) is 21.8 Å². The number of imidazole rings is 1. The Morgan fingerprint density at radius 1 is 1.14 bits per heavy atom. The first-order valence-electron chi connectivity index (χ1n) is 3.94. The lowest BCUT2D eigenvalue weighted by atomic mass is 10.2. The second-order valence-electron chi connectivity index (χ2n) is 2.79. The van der Waals surface area contributed by atoms with Gasteiger partial charge in [0.25, 0.3) is 0 Å². The summed E-state index contributed by atoms with van der Waals surface area (Å²) in [6.45, 7) is 0. The van der Waals surface area contributed by atoms with Gasteiger partial charge in [-0.05, 0) is 12.1 Å². The highest BCUT2D eigenvalue weighted by molar-refractivity contribution is 6.32. The van der Waals surface area contributed by atoms with Gasteiger partial charge in [-0.25, -0.2) is 4.98 Å². The Morgan fingerprint density at radius 3 is 2.29 bits per heavy atom. The third kappa shape index (κ3) is 1.69. The zero-order valence-corrected chi connectivity index (χ0v) is 8.60. The highest BCUT2D eigenvalue weighted by Crippen LogP contribution is 2.26. The Labute approximate surface area is 90.9 Å². The van der Waals surface area contributed by atoms with E-state index < -0.39 is 0 Å². The lowest BCUT2D eigenvalue weighted by Crippen LogP contribution is -1.85. The van der Waals surface area contributed by atoms with Gasteiger partial charge in [0, 0.05) is 10.6 Å². The van der Waals surface area contributed by atoms with Gasteiger partial charge in [-0.3, -0.25) is 0 Å². The SMILES string of the molecule is Nc1nc(-c2ccc(Cl)cc2)c(Cl)[nH]1. The van der Waals surface area contributed by atoms with Crippen LogP contribution < -0.4 is 5.73 Å². The number of hydrogen-bond acceptors (Lipinski definition) is 2. The van der Waals surface area contributed by atoms with Crippen LogP contribution in [-0.4, -0.2) is 9.97 Å². The number of aromatic nitrogens is 2. The second-order valence-corrected chi connectivity index (χ2v) is 3.61. The van der Waals surface area contributed by atoms with Crippen LogP contribution in [0.15, 0.2) is 24.3 Å². The molecule has 0 amide bonds. The first-order valence-corrected chi connectivity index (χ1v) is 4.69. The van der Waals surface area contributed by atoms with Crippen LogP contribution >= 0.6 is 23.2 Å². The summed E-state index contributed by atoms with van der Waals surface area (Å²) < 4.78 is 0. The summed E-state index contributed by atoms with van der Waals surface area (Å²) in [4.78, 5) is 6.78. The fraction of sp³-hybridized carbons (Fsp3) is 0. The highest BCUT2D eigenvalue weighted by atomic mass is 35.5. The molecule has 2 rings (SSSR count). The Hall–Kier alpha value is -1.19. The van der Waals surface area contributed by atoms with Crippen LogP contribution in [0.3, 0.4) is 0 Å². The van der Waals surface area contributed by atoms with Crippen molar-refractivity contribution in [2.45, 2.75) is 0 Å². The molecule has 0 aliphatic carbocycles. The molecule has 5 heteroatoms. The first-order chi connectivity index (χ1) is 6.66. The summed E-state index contributed by atoms with van der Waals surface area (Å²) >= 11 is 11.6. The van der Waals surface area contributed by atoms with Crippen LogP contribution in [0.2, 0.25) is 10.2 Å². The van der Waals surface area contributed by atoms with Gasteiger partial charge in [0.05, 0.1) is 0 Å². The maximum atomic E-state index is 5.89. The van der Waals surface area contributed by atoms with Crippen molar-refractivity contribution >= 4 is 29.2 Å². The van der Waals surface area contributed by atoms with Crippen LogP contribution in [0.1, 0.15) is 0 Å². The molecule has 0 unspecified atom stereocenters. The number of anilines is 1. The molecule has 0 aliphatic heterocycles. The van der Waals surface area contributed by atoms with Crippen molar-refractivity contribution in [1.29, 1.82) is 0 Å². The van der Waals surface area contributed by atoms with E-state index in [4.69, 9.17) is 28.9 Å². The van der Waals surface area contributed by atoms with E-state index in [-0.39, 0.29) is 0 Å². The van der Waals surface area contributed by atoms with E-state index in [2.05, 4.69) is 9.97 Å². The number of benzene rings is 1. The highest BCUT2D eigenvalue weighted by Gasteiger charge is 2.08. The molecule has 14 heavy (non-hydrogen) atoms. The molecule has 0 radical (unpaired) electrons. The second kappa shape index (κ2) is 3.52. The van der Waals surface area contributed by atoms with Gasteiger partial charge in [-0.2, -0.15) is 0 Å². The van der Waals surface area contributed by atoms with Crippen LogP contribution in [0, 0.1) is 0 Å². The summed E-state index contributed by atoms with van der Waals surface area (Å²) in [6, 6.07) is 7.23. The van der Waals surface area contributed by atoms with Gasteiger partial charge in [-0.1, -0.05) is 35.3 Å². The Kier molecular flexibility index (Phi) is 2.35. The summed E-state index contributed by atoms with van der Waals surface area (Å²) in [5, 5.41) is 1.11. The molecule has 3 N–H and O–H groups in total. The Bertz CT molecular complexity index is 448. The molecule has 0 bridgehead atoms. The number of hydrogen-bond donors (Lipinski definition) is 2. The van der Waals surface area contributed by atoms with E-state index >= 15 is 0 Å². The van der Waals surface area contributed by atoms with E-state index in [0.717, 1.165) is 5.56 Å². The smallest absolute Gasteiger partial charge is 0.199 e. The zero-order valence-electron chi connectivity index (χ0n) is 7.09. The van der Waals surface area contributed by atoms with Gasteiger partial charge >= 0.3 is 0 Å².